The normalized spacial score (nSPS) is 42.0. The van der Waals surface area contributed by atoms with E-state index in [0.29, 0.717) is 10.7 Å². The van der Waals surface area contributed by atoms with E-state index in [1.165, 1.54) is 0 Å². The van der Waals surface area contributed by atoms with Gasteiger partial charge in [0.1, 0.15) is 0 Å². The molecule has 3 unspecified atom stereocenters. The molecule has 3 atom stereocenters. The Morgan fingerprint density at radius 3 is 2.38 bits per heavy atom. The molecule has 0 aromatic heterocycles. The van der Waals surface area contributed by atoms with Crippen LogP contribution in [-0.4, -0.2) is 19.9 Å². The van der Waals surface area contributed by atoms with Crippen LogP contribution < -0.4 is 0 Å². The molecule has 0 radical (unpaired) electrons. The highest BCUT2D eigenvalue weighted by Crippen LogP contribution is 2.45. The Labute approximate surface area is 97.5 Å². The van der Waals surface area contributed by atoms with Gasteiger partial charge in [0.05, 0.1) is 5.60 Å². The highest BCUT2D eigenvalue weighted by Gasteiger charge is 2.40. The molecule has 1 aliphatic rings. The van der Waals surface area contributed by atoms with Crippen molar-refractivity contribution in [2.45, 2.75) is 54.8 Å². The average molecular weight is 314 g/mol. The van der Waals surface area contributed by atoms with Gasteiger partial charge in [-0.3, -0.25) is 0 Å². The summed E-state index contributed by atoms with van der Waals surface area (Å²) >= 11 is 7.41. The fourth-order valence-electron chi connectivity index (χ4n) is 1.87. The molecule has 78 valence electrons. The van der Waals surface area contributed by atoms with Crippen molar-refractivity contribution in [3.8, 4) is 0 Å². The van der Waals surface area contributed by atoms with E-state index in [1.807, 2.05) is 13.8 Å². The van der Waals surface area contributed by atoms with Crippen molar-refractivity contribution in [3.63, 3.8) is 0 Å². The maximum atomic E-state index is 9.89. The molecule has 1 rings (SSSR count). The molecule has 0 aliphatic heterocycles. The molecule has 0 spiro atoms. The van der Waals surface area contributed by atoms with Crippen LogP contribution in [0.25, 0.3) is 0 Å². The SMILES string of the molecule is CC(C)(O)C1CCC(C)(Br)C(Br)C1. The third-order valence-corrected chi connectivity index (χ3v) is 6.07. The Bertz CT molecular complexity index is 184. The van der Waals surface area contributed by atoms with E-state index >= 15 is 0 Å². The first-order valence-corrected chi connectivity index (χ1v) is 6.50. The number of aliphatic hydroxyl groups is 1. The van der Waals surface area contributed by atoms with Gasteiger partial charge in [0.15, 0.2) is 0 Å². The molecule has 0 aromatic rings. The van der Waals surface area contributed by atoms with E-state index in [-0.39, 0.29) is 4.32 Å². The van der Waals surface area contributed by atoms with Gasteiger partial charge in [-0.25, -0.2) is 0 Å². The van der Waals surface area contributed by atoms with Gasteiger partial charge in [-0.2, -0.15) is 0 Å². The smallest absolute Gasteiger partial charge is 0.0620 e. The molecule has 1 N–H and O–H groups in total. The van der Waals surface area contributed by atoms with E-state index in [0.717, 1.165) is 19.3 Å². The third-order valence-electron chi connectivity index (χ3n) is 3.13. The van der Waals surface area contributed by atoms with Crippen molar-refractivity contribution in [1.29, 1.82) is 0 Å². The highest BCUT2D eigenvalue weighted by atomic mass is 79.9. The maximum Gasteiger partial charge on any atom is 0.0620 e. The molecule has 1 nitrogen and oxygen atoms in total. The van der Waals surface area contributed by atoms with Crippen LogP contribution in [0.4, 0.5) is 0 Å². The Balaban J connectivity index is 2.61. The number of alkyl halides is 2. The quantitative estimate of drug-likeness (QED) is 0.735. The minimum atomic E-state index is -0.532. The summed E-state index contributed by atoms with van der Waals surface area (Å²) in [7, 11) is 0. The lowest BCUT2D eigenvalue weighted by molar-refractivity contribution is -0.000338. The molecule has 0 heterocycles. The highest BCUT2D eigenvalue weighted by molar-refractivity contribution is 9.12. The van der Waals surface area contributed by atoms with Crippen LogP contribution in [0, 0.1) is 5.92 Å². The van der Waals surface area contributed by atoms with Gasteiger partial charge in [0.25, 0.3) is 0 Å². The van der Waals surface area contributed by atoms with Gasteiger partial charge >= 0.3 is 0 Å². The summed E-state index contributed by atoms with van der Waals surface area (Å²) in [6.07, 6.45) is 3.27. The molecule has 3 heteroatoms. The molecular formula is C10H18Br2O. The van der Waals surface area contributed by atoms with Crippen LogP contribution in [0.5, 0.6) is 0 Å². The van der Waals surface area contributed by atoms with Crippen LogP contribution in [0.3, 0.4) is 0 Å². The van der Waals surface area contributed by atoms with E-state index < -0.39 is 5.60 Å². The van der Waals surface area contributed by atoms with Crippen LogP contribution in [0.2, 0.25) is 0 Å². The predicted octanol–water partition coefficient (Wildman–Crippen LogP) is 3.47. The zero-order chi connectivity index (χ0) is 10.3. The third kappa shape index (κ3) is 2.93. The second-order valence-electron chi connectivity index (χ2n) is 4.87. The van der Waals surface area contributed by atoms with Crippen molar-refractivity contribution in [2.75, 3.05) is 0 Å². The van der Waals surface area contributed by atoms with Gasteiger partial charge in [0, 0.05) is 9.15 Å². The van der Waals surface area contributed by atoms with Gasteiger partial charge in [-0.1, -0.05) is 31.9 Å². The van der Waals surface area contributed by atoms with Crippen LogP contribution in [0.15, 0.2) is 0 Å². The topological polar surface area (TPSA) is 20.2 Å². The average Bonchev–Trinajstić information content (AvgIpc) is 1.92. The zero-order valence-electron chi connectivity index (χ0n) is 8.48. The summed E-state index contributed by atoms with van der Waals surface area (Å²) in [4.78, 5) is 0.463. The molecule has 1 saturated carbocycles. The Kier molecular flexibility index (Phi) is 3.52. The summed E-state index contributed by atoms with van der Waals surface area (Å²) in [5.74, 6) is 0.419. The number of hydrogen-bond donors (Lipinski definition) is 1. The molecule has 1 fully saturated rings. The van der Waals surface area contributed by atoms with Crippen LogP contribution in [-0.2, 0) is 0 Å². The largest absolute Gasteiger partial charge is 0.390 e. The van der Waals surface area contributed by atoms with Gasteiger partial charge in [0.2, 0.25) is 0 Å². The summed E-state index contributed by atoms with van der Waals surface area (Å²) in [5, 5.41) is 9.89. The number of rotatable bonds is 1. The van der Waals surface area contributed by atoms with E-state index in [1.54, 1.807) is 0 Å². The second-order valence-corrected chi connectivity index (χ2v) is 7.79. The van der Waals surface area contributed by atoms with Gasteiger partial charge in [-0.05, 0) is 46.0 Å². The molecule has 0 aromatic carbocycles. The fraction of sp³-hybridized carbons (Fsp3) is 1.00. The lowest BCUT2D eigenvalue weighted by Gasteiger charge is -2.42. The van der Waals surface area contributed by atoms with Crippen molar-refractivity contribution in [2.24, 2.45) is 5.92 Å². The Morgan fingerprint density at radius 1 is 1.46 bits per heavy atom. The fourth-order valence-corrected chi connectivity index (χ4v) is 2.96. The first-order valence-electron chi connectivity index (χ1n) is 4.79. The predicted molar refractivity (Wildman–Crippen MR) is 63.7 cm³/mol. The van der Waals surface area contributed by atoms with E-state index in [2.05, 4.69) is 38.8 Å². The Hall–Kier alpha value is 0.920. The zero-order valence-corrected chi connectivity index (χ0v) is 11.7. The number of halogens is 2. The van der Waals surface area contributed by atoms with Crippen LogP contribution >= 0.6 is 31.9 Å². The lowest BCUT2D eigenvalue weighted by Crippen LogP contribution is -2.42. The summed E-state index contributed by atoms with van der Waals surface area (Å²) in [5.41, 5.74) is -0.532. The molecule has 0 amide bonds. The molecule has 1 aliphatic carbocycles. The van der Waals surface area contributed by atoms with Crippen molar-refractivity contribution < 1.29 is 5.11 Å². The molecule has 13 heavy (non-hydrogen) atoms. The first kappa shape index (κ1) is 12.0. The van der Waals surface area contributed by atoms with E-state index in [4.69, 9.17) is 0 Å². The molecule has 0 bridgehead atoms. The lowest BCUT2D eigenvalue weighted by atomic mass is 9.75. The minimum absolute atomic E-state index is 0.203. The molecular weight excluding hydrogens is 296 g/mol. The van der Waals surface area contributed by atoms with Gasteiger partial charge < -0.3 is 5.11 Å². The van der Waals surface area contributed by atoms with Crippen molar-refractivity contribution in [3.05, 3.63) is 0 Å². The van der Waals surface area contributed by atoms with Gasteiger partial charge in [-0.15, -0.1) is 0 Å². The Morgan fingerprint density at radius 2 is 2.00 bits per heavy atom. The summed E-state index contributed by atoms with van der Waals surface area (Å²) in [6, 6.07) is 0. The van der Waals surface area contributed by atoms with E-state index in [9.17, 15) is 5.11 Å². The first-order chi connectivity index (χ1) is 5.73. The second kappa shape index (κ2) is 3.82. The maximum absolute atomic E-state index is 9.89. The summed E-state index contributed by atoms with van der Waals surface area (Å²) in [6.45, 7) is 6.04. The van der Waals surface area contributed by atoms with Crippen LogP contribution in [0.1, 0.15) is 40.0 Å². The molecule has 0 saturated heterocycles. The monoisotopic (exact) mass is 312 g/mol. The standard InChI is InChI=1S/C10H18Br2O/c1-9(2,13)7-4-5-10(3,12)8(11)6-7/h7-8,13H,4-6H2,1-3H3. The minimum Gasteiger partial charge on any atom is -0.390 e. The van der Waals surface area contributed by atoms with Crippen molar-refractivity contribution in [1.82, 2.24) is 0 Å². The summed E-state index contributed by atoms with van der Waals surface area (Å²) < 4.78 is 0.203. The number of hydrogen-bond acceptors (Lipinski definition) is 1. The van der Waals surface area contributed by atoms with Crippen molar-refractivity contribution >= 4 is 31.9 Å².